The van der Waals surface area contributed by atoms with Gasteiger partial charge in [0.15, 0.2) is 0 Å². The maximum atomic E-state index is 5.93. The summed E-state index contributed by atoms with van der Waals surface area (Å²) in [5.74, 6) is 0.838. The van der Waals surface area contributed by atoms with Gasteiger partial charge in [-0.15, -0.1) is 0 Å². The first-order chi connectivity index (χ1) is 8.69. The lowest BCUT2D eigenvalue weighted by atomic mass is 10.2. The lowest BCUT2D eigenvalue weighted by molar-refractivity contribution is 0.0821. The van der Waals surface area contributed by atoms with Crippen molar-refractivity contribution in [2.45, 2.75) is 26.4 Å². The molecule has 1 aliphatic rings. The maximum absolute atomic E-state index is 5.93. The van der Waals surface area contributed by atoms with Crippen LogP contribution in [0.1, 0.15) is 20.3 Å². The fourth-order valence-corrected chi connectivity index (χ4v) is 2.27. The van der Waals surface area contributed by atoms with Crippen LogP contribution >= 0.6 is 0 Å². The number of ether oxygens (including phenoxy) is 2. The zero-order valence-corrected chi connectivity index (χ0v) is 11.2. The van der Waals surface area contributed by atoms with Crippen molar-refractivity contribution in [1.29, 1.82) is 0 Å². The average molecular weight is 250 g/mol. The van der Waals surface area contributed by atoms with E-state index in [-0.39, 0.29) is 6.10 Å². The van der Waals surface area contributed by atoms with Gasteiger partial charge >= 0.3 is 0 Å². The summed E-state index contributed by atoms with van der Waals surface area (Å²) in [6, 6.07) is 5.92. The third-order valence-electron chi connectivity index (χ3n) is 3.04. The van der Waals surface area contributed by atoms with E-state index in [1.807, 2.05) is 19.1 Å². The molecule has 18 heavy (non-hydrogen) atoms. The molecule has 1 unspecified atom stereocenters. The van der Waals surface area contributed by atoms with Crippen LogP contribution in [0.25, 0.3) is 0 Å². The molecule has 1 aromatic rings. The Balaban J connectivity index is 2.19. The SMILES string of the molecule is CCOc1cc(N)cc(N2CCCOC(C)C2)c1. The number of nitrogens with zero attached hydrogens (tertiary/aromatic N) is 1. The second-order valence-corrected chi connectivity index (χ2v) is 4.67. The molecule has 1 fully saturated rings. The summed E-state index contributed by atoms with van der Waals surface area (Å²) in [7, 11) is 0. The quantitative estimate of drug-likeness (QED) is 0.836. The van der Waals surface area contributed by atoms with Crippen LogP contribution in [0.3, 0.4) is 0 Å². The molecule has 100 valence electrons. The molecule has 4 nitrogen and oxygen atoms in total. The minimum atomic E-state index is 0.254. The first-order valence-corrected chi connectivity index (χ1v) is 6.59. The maximum Gasteiger partial charge on any atom is 0.123 e. The molecule has 0 amide bonds. The number of nitrogen functional groups attached to an aromatic ring is 1. The van der Waals surface area contributed by atoms with Crippen molar-refractivity contribution in [1.82, 2.24) is 0 Å². The Morgan fingerprint density at radius 3 is 3.06 bits per heavy atom. The van der Waals surface area contributed by atoms with Crippen LogP contribution in [0.5, 0.6) is 5.75 Å². The topological polar surface area (TPSA) is 47.7 Å². The van der Waals surface area contributed by atoms with Crippen LogP contribution in [0.15, 0.2) is 18.2 Å². The molecule has 1 aromatic carbocycles. The third-order valence-corrected chi connectivity index (χ3v) is 3.04. The van der Waals surface area contributed by atoms with E-state index in [9.17, 15) is 0 Å². The van der Waals surface area contributed by atoms with E-state index in [1.54, 1.807) is 0 Å². The van der Waals surface area contributed by atoms with Crippen LogP contribution in [-0.2, 0) is 4.74 Å². The first-order valence-electron chi connectivity index (χ1n) is 6.59. The second kappa shape index (κ2) is 5.96. The predicted octanol–water partition coefficient (Wildman–Crippen LogP) is 2.28. The molecule has 1 heterocycles. The van der Waals surface area contributed by atoms with Gasteiger partial charge < -0.3 is 20.1 Å². The fraction of sp³-hybridized carbons (Fsp3) is 0.571. The highest BCUT2D eigenvalue weighted by Gasteiger charge is 2.16. The van der Waals surface area contributed by atoms with Gasteiger partial charge in [0, 0.05) is 43.2 Å². The van der Waals surface area contributed by atoms with Gasteiger partial charge in [0.1, 0.15) is 5.75 Å². The van der Waals surface area contributed by atoms with Gasteiger partial charge in [-0.2, -0.15) is 0 Å². The Bertz CT molecular complexity index is 395. The smallest absolute Gasteiger partial charge is 0.123 e. The minimum absolute atomic E-state index is 0.254. The number of rotatable bonds is 3. The molecule has 0 spiro atoms. The zero-order chi connectivity index (χ0) is 13.0. The van der Waals surface area contributed by atoms with Crippen LogP contribution in [0, 0.1) is 0 Å². The summed E-state index contributed by atoms with van der Waals surface area (Å²) in [6.07, 6.45) is 1.30. The second-order valence-electron chi connectivity index (χ2n) is 4.67. The van der Waals surface area contributed by atoms with E-state index in [1.165, 1.54) is 0 Å². The molecular formula is C14H22N2O2. The predicted molar refractivity (Wildman–Crippen MR) is 74.3 cm³/mol. The molecule has 2 N–H and O–H groups in total. The van der Waals surface area contributed by atoms with Crippen molar-refractivity contribution in [2.75, 3.05) is 36.9 Å². The molecule has 0 saturated carbocycles. The number of benzene rings is 1. The average Bonchev–Trinajstić information content (AvgIpc) is 2.53. The first kappa shape index (κ1) is 13.0. The van der Waals surface area contributed by atoms with E-state index >= 15 is 0 Å². The van der Waals surface area contributed by atoms with Gasteiger partial charge in [0.25, 0.3) is 0 Å². The molecule has 1 saturated heterocycles. The Labute approximate surface area is 109 Å². The highest BCUT2D eigenvalue weighted by molar-refractivity contribution is 5.60. The molecule has 0 aliphatic carbocycles. The molecule has 0 aromatic heterocycles. The van der Waals surface area contributed by atoms with Crippen molar-refractivity contribution in [3.8, 4) is 5.75 Å². The summed E-state index contributed by atoms with van der Waals surface area (Å²) < 4.78 is 11.2. The summed E-state index contributed by atoms with van der Waals surface area (Å²) in [5, 5.41) is 0. The minimum Gasteiger partial charge on any atom is -0.494 e. The van der Waals surface area contributed by atoms with Crippen molar-refractivity contribution < 1.29 is 9.47 Å². The van der Waals surface area contributed by atoms with Gasteiger partial charge in [-0.1, -0.05) is 0 Å². The summed E-state index contributed by atoms with van der Waals surface area (Å²) in [5.41, 5.74) is 7.80. The third kappa shape index (κ3) is 3.29. The lowest BCUT2D eigenvalue weighted by Crippen LogP contribution is -2.30. The van der Waals surface area contributed by atoms with E-state index in [2.05, 4.69) is 17.9 Å². The molecule has 4 heteroatoms. The molecule has 0 radical (unpaired) electrons. The highest BCUT2D eigenvalue weighted by atomic mass is 16.5. The van der Waals surface area contributed by atoms with E-state index in [4.69, 9.17) is 15.2 Å². The van der Waals surface area contributed by atoms with E-state index in [0.29, 0.717) is 6.61 Å². The molecule has 2 rings (SSSR count). The monoisotopic (exact) mass is 250 g/mol. The fourth-order valence-electron chi connectivity index (χ4n) is 2.27. The lowest BCUT2D eigenvalue weighted by Gasteiger charge is -2.25. The number of hydrogen-bond acceptors (Lipinski definition) is 4. The van der Waals surface area contributed by atoms with Crippen molar-refractivity contribution >= 4 is 11.4 Å². The van der Waals surface area contributed by atoms with E-state index in [0.717, 1.165) is 43.2 Å². The summed E-state index contributed by atoms with van der Waals surface area (Å²) in [4.78, 5) is 2.32. The highest BCUT2D eigenvalue weighted by Crippen LogP contribution is 2.27. The number of nitrogens with two attached hydrogens (primary N) is 1. The molecule has 1 atom stereocenters. The summed E-state index contributed by atoms with van der Waals surface area (Å²) in [6.45, 7) is 7.47. The van der Waals surface area contributed by atoms with Gasteiger partial charge in [0.05, 0.1) is 12.7 Å². The molecule has 0 bridgehead atoms. The Hall–Kier alpha value is -1.42. The Morgan fingerprint density at radius 2 is 2.28 bits per heavy atom. The zero-order valence-electron chi connectivity index (χ0n) is 11.2. The molecular weight excluding hydrogens is 228 g/mol. The Kier molecular flexibility index (Phi) is 4.31. The van der Waals surface area contributed by atoms with Gasteiger partial charge in [-0.05, 0) is 26.3 Å². The standard InChI is InChI=1S/C14H22N2O2/c1-3-17-14-8-12(15)7-13(9-14)16-5-4-6-18-11(2)10-16/h7-9,11H,3-6,10,15H2,1-2H3. The van der Waals surface area contributed by atoms with Gasteiger partial charge in [-0.3, -0.25) is 0 Å². The van der Waals surface area contributed by atoms with Crippen molar-refractivity contribution in [3.05, 3.63) is 18.2 Å². The molecule has 1 aliphatic heterocycles. The van der Waals surface area contributed by atoms with Crippen LogP contribution in [-0.4, -0.2) is 32.4 Å². The van der Waals surface area contributed by atoms with Crippen LogP contribution in [0.2, 0.25) is 0 Å². The normalized spacial score (nSPS) is 20.6. The summed E-state index contributed by atoms with van der Waals surface area (Å²) >= 11 is 0. The Morgan fingerprint density at radius 1 is 1.44 bits per heavy atom. The van der Waals surface area contributed by atoms with Crippen molar-refractivity contribution in [3.63, 3.8) is 0 Å². The van der Waals surface area contributed by atoms with Gasteiger partial charge in [-0.25, -0.2) is 0 Å². The van der Waals surface area contributed by atoms with Crippen molar-refractivity contribution in [2.24, 2.45) is 0 Å². The van der Waals surface area contributed by atoms with E-state index < -0.39 is 0 Å². The van der Waals surface area contributed by atoms with Crippen LogP contribution < -0.4 is 15.4 Å². The van der Waals surface area contributed by atoms with Gasteiger partial charge in [0.2, 0.25) is 0 Å². The number of anilines is 2. The van der Waals surface area contributed by atoms with Crippen LogP contribution in [0.4, 0.5) is 11.4 Å². The number of hydrogen-bond donors (Lipinski definition) is 1. The largest absolute Gasteiger partial charge is 0.494 e.